The van der Waals surface area contributed by atoms with Gasteiger partial charge in [-0.2, -0.15) is 8.42 Å². The molecule has 1 aliphatic rings. The Kier molecular flexibility index (Phi) is 36.6. The number of rotatable bonds is 47. The van der Waals surface area contributed by atoms with Crippen LogP contribution >= 0.6 is 22.1 Å². The van der Waals surface area contributed by atoms with Crippen LogP contribution in [-0.4, -0.2) is 268 Å². The number of nitrogens with two attached hydrogens (primary N) is 1. The second-order valence-electron chi connectivity index (χ2n) is 36.0. The van der Waals surface area contributed by atoms with E-state index in [2.05, 4.69) is 67.4 Å². The summed E-state index contributed by atoms with van der Waals surface area (Å²) >= 11 is 0. The minimum absolute atomic E-state index is 0.0510. The van der Waals surface area contributed by atoms with Gasteiger partial charge in [0.05, 0.1) is 132 Å². The van der Waals surface area contributed by atoms with Crippen molar-refractivity contribution >= 4 is 82.0 Å². The molecule has 3 aromatic heterocycles. The molecule has 1 aliphatic heterocycles. The van der Waals surface area contributed by atoms with E-state index in [-0.39, 0.29) is 121 Å². The van der Waals surface area contributed by atoms with E-state index >= 15 is 13.7 Å². The van der Waals surface area contributed by atoms with E-state index in [9.17, 15) is 42.0 Å². The molecule has 0 bridgehead atoms. The minimum Gasteiger partial charge on any atom is -0.496 e. The Labute approximate surface area is 767 Å². The first-order chi connectivity index (χ1) is 61.6. The van der Waals surface area contributed by atoms with E-state index in [1.54, 1.807) is 133 Å². The highest BCUT2D eigenvalue weighted by Gasteiger charge is 2.35. The number of ether oxygens (including phenoxy) is 5. The number of pyridine rings is 3. The second kappa shape index (κ2) is 46.3. The van der Waals surface area contributed by atoms with Crippen molar-refractivity contribution in [3.8, 4) is 62.1 Å². The summed E-state index contributed by atoms with van der Waals surface area (Å²) in [6.07, 6.45) is 5.29. The van der Waals surface area contributed by atoms with E-state index in [0.29, 0.717) is 148 Å². The Hall–Kier alpha value is -9.42. The number of aromatic nitrogens is 3. The summed E-state index contributed by atoms with van der Waals surface area (Å²) in [5.74, 6) is 0.854. The van der Waals surface area contributed by atoms with Gasteiger partial charge >= 0.3 is 0 Å². The number of quaternary nitrogens is 3. The molecule has 0 saturated carbocycles. The summed E-state index contributed by atoms with van der Waals surface area (Å²) < 4.78 is 111. The van der Waals surface area contributed by atoms with Crippen molar-refractivity contribution in [1.82, 2.24) is 40.3 Å². The maximum absolute atomic E-state index is 15.3. The zero-order valence-corrected chi connectivity index (χ0v) is 81.4. The largest absolute Gasteiger partial charge is 0.496 e. The first-order valence-electron chi connectivity index (χ1n) is 44.6. The number of carbonyl (C=O) groups excluding carboxylic acids is 3. The van der Waals surface area contributed by atoms with Crippen LogP contribution in [0.3, 0.4) is 0 Å². The van der Waals surface area contributed by atoms with Crippen LogP contribution in [0.2, 0.25) is 0 Å². The van der Waals surface area contributed by atoms with Gasteiger partial charge in [0.15, 0.2) is 19.0 Å². The van der Waals surface area contributed by atoms with Crippen molar-refractivity contribution in [3.05, 3.63) is 203 Å². The highest BCUT2D eigenvalue weighted by atomic mass is 32.2. The number of nitrogens with zero attached hydrogens (tertiary/aromatic N) is 9. The third kappa shape index (κ3) is 29.3. The highest BCUT2D eigenvalue weighted by Crippen LogP contribution is 2.45. The van der Waals surface area contributed by atoms with Gasteiger partial charge in [-0.15, -0.1) is 0 Å². The maximum Gasteiger partial charge on any atom is 0.276 e. The van der Waals surface area contributed by atoms with Crippen molar-refractivity contribution in [2.75, 3.05) is 174 Å². The van der Waals surface area contributed by atoms with Crippen LogP contribution in [-0.2, 0) is 57.8 Å². The monoisotopic (exact) mass is 1860 g/mol. The molecule has 4 atom stereocenters. The average molecular weight is 1870 g/mol. The lowest BCUT2D eigenvalue weighted by atomic mass is 9.95. The third-order valence-electron chi connectivity index (χ3n) is 23.9. The Bertz CT molecular complexity index is 5620. The maximum atomic E-state index is 15.3. The summed E-state index contributed by atoms with van der Waals surface area (Å²) in [4.78, 5) is 99.4. The van der Waals surface area contributed by atoms with Gasteiger partial charge in [0, 0.05) is 123 Å². The molecule has 9 aromatic rings. The molecule has 6 aromatic carbocycles. The summed E-state index contributed by atoms with van der Waals surface area (Å²) in [5.41, 5.74) is 14.5. The van der Waals surface area contributed by atoms with Crippen LogP contribution < -0.4 is 72.3 Å². The van der Waals surface area contributed by atoms with Crippen LogP contribution in [0, 0.1) is 27.7 Å². The number of unbranched alkanes of at least 4 members (excludes halogenated alkanes) is 2. The molecule has 4 heterocycles. The number of ketones is 1. The number of benzene rings is 6. The molecule has 0 spiro atoms. The van der Waals surface area contributed by atoms with Gasteiger partial charge < -0.3 is 68.2 Å². The van der Waals surface area contributed by atoms with Crippen molar-refractivity contribution in [3.63, 3.8) is 0 Å². The van der Waals surface area contributed by atoms with Crippen LogP contribution in [0.5, 0.6) is 28.7 Å². The van der Waals surface area contributed by atoms with Crippen LogP contribution in [0.4, 0.5) is 0 Å². The molecular weight excluding hydrogens is 1730 g/mol. The molecule has 702 valence electrons. The third-order valence-corrected chi connectivity index (χ3v) is 30.2. The molecule has 33 heteroatoms. The molecule has 29 nitrogen and oxygen atoms in total. The van der Waals surface area contributed by atoms with Gasteiger partial charge in [-0.05, 0) is 182 Å². The van der Waals surface area contributed by atoms with Gasteiger partial charge in [0.25, 0.3) is 44.0 Å². The lowest BCUT2D eigenvalue weighted by Gasteiger charge is -2.34. The smallest absolute Gasteiger partial charge is 0.276 e. The van der Waals surface area contributed by atoms with E-state index in [1.807, 2.05) is 72.1 Å². The van der Waals surface area contributed by atoms with E-state index in [1.165, 1.54) is 14.2 Å². The highest BCUT2D eigenvalue weighted by molar-refractivity contribution is 7.85. The number of carbonyl (C=O) groups is 3. The number of hydrogen-bond acceptors (Lipinski definition) is 20. The first-order valence-corrected chi connectivity index (χ1v) is 51.1. The average Bonchev–Trinajstić information content (AvgIpc) is 0.797. The standard InChI is InChI=1S/C97H131N12O17P3S/c1-15-17-43-108(9,10)47-37-99-90(111)68-125-82-50-70(3)95(71(4)51-82)74-54-78(102-92(57-74)127(113,114)85-31-22-19-23-32-85)64-105-40-39-104(63-77-55-75(58-93(101-77)128(115,116)86-33-24-20-25-34-86)96-72(5)52-83(60-88(96)122-13)124-67-81(110)30-28-45-107(7,8)46-29-49-130(119,120)121)41-42-106(80(62-98)66-105)65-79-56-76(59-94(103-79)129(117,118)87-35-26-21-27-36-87)97-73(6)53-84(61-89(97)123-14)126-69-91(112)100-38-48-109(11,12)44-18-16-2/h19-27,31-36,50-61,80H,15-18,28-30,37-49,62-69,98H2,1-14H3,(H3-3,99,100,111,112,113,114,115,116,117,118,119,120,121)/p+3. The van der Waals surface area contributed by atoms with Gasteiger partial charge in [-0.1, -0.05) is 81.3 Å². The SMILES string of the molecule is CCCC[N+](C)(C)CCNC(=O)COc1cc(C)c(-c2cc(CN3CCN(Cc4cc(-c5c(C)cc(OCC(=O)CCC[N+](C)(C)CCCS(=O)(=O)O)cc5OC)cc(P(=O)(O)c5ccccc5)n4)CCN(Cc4cc(-c5c(C)cc(OCC(=O)NCC[N+](C)(C)CCCC)cc5OC)cc(P(=O)(O)c5ccccc5)n4)C(CN)C3)nc(P(=O)(O)c3ccccc3)c2)c(C)c1. The zero-order valence-electron chi connectivity index (χ0n) is 77.9. The predicted molar refractivity (Wildman–Crippen MR) is 515 cm³/mol. The molecular formula is C97H134N12O17P3S+3. The number of aryl methyl sites for hydroxylation is 4. The van der Waals surface area contributed by atoms with Crippen LogP contribution in [0.15, 0.2) is 164 Å². The Morgan fingerprint density at radius 3 is 1.23 bits per heavy atom. The Balaban J connectivity index is 1.05. The normalized spacial score (nSPS) is 15.4. The summed E-state index contributed by atoms with van der Waals surface area (Å²) in [6.45, 7) is 18.6. The van der Waals surface area contributed by atoms with Crippen molar-refractivity contribution < 1.29 is 92.9 Å². The van der Waals surface area contributed by atoms with Gasteiger partial charge in [0.2, 0.25) is 0 Å². The lowest BCUT2D eigenvalue weighted by molar-refractivity contribution is -0.890. The molecule has 130 heavy (non-hydrogen) atoms. The van der Waals surface area contributed by atoms with Gasteiger partial charge in [-0.3, -0.25) is 47.3 Å². The molecule has 1 fully saturated rings. The first kappa shape index (κ1) is 103. The summed E-state index contributed by atoms with van der Waals surface area (Å²) in [5, 5.41) is 6.50. The fraction of sp³-hybridized carbons (Fsp3) is 0.443. The lowest BCUT2D eigenvalue weighted by Crippen LogP contribution is -2.48. The molecule has 1 saturated heterocycles. The van der Waals surface area contributed by atoms with Crippen molar-refractivity contribution in [1.29, 1.82) is 0 Å². The Morgan fingerprint density at radius 1 is 0.469 bits per heavy atom. The van der Waals surface area contributed by atoms with E-state index in [0.717, 1.165) is 77.5 Å². The Morgan fingerprint density at radius 2 is 0.823 bits per heavy atom. The molecule has 2 amide bonds. The van der Waals surface area contributed by atoms with Gasteiger partial charge in [0.1, 0.15) is 51.7 Å². The quantitative estimate of drug-likeness (QED) is 0.0106. The van der Waals surface area contributed by atoms with Crippen molar-refractivity contribution in [2.24, 2.45) is 5.73 Å². The predicted octanol–water partition coefficient (Wildman–Crippen LogP) is 9.76. The molecule has 8 N–H and O–H groups in total. The number of nitrogens with one attached hydrogen (secondary N) is 2. The fourth-order valence-corrected chi connectivity index (χ4v) is 21.3. The number of amides is 2. The number of Topliss-reactive ketones (excluding diaryl/α,β-unsaturated/α-hetero) is 1. The zero-order chi connectivity index (χ0) is 94.4. The molecule has 0 radical (unpaired) electrons. The summed E-state index contributed by atoms with van der Waals surface area (Å²) in [6, 6.07) is 45.7. The number of hydrogen-bond donors (Lipinski definition) is 7. The molecule has 10 rings (SSSR count). The second-order valence-corrected chi connectivity index (χ2v) is 43.9. The minimum atomic E-state index is -4.48. The van der Waals surface area contributed by atoms with E-state index < -0.39 is 38.3 Å². The van der Waals surface area contributed by atoms with Gasteiger partial charge in [-0.25, -0.2) is 15.0 Å². The summed E-state index contributed by atoms with van der Waals surface area (Å²) in [7, 11) is -2.00. The molecule has 4 unspecified atom stereocenters. The number of methoxy groups -OCH3 is 2. The van der Waals surface area contributed by atoms with E-state index in [4.69, 9.17) is 44.4 Å². The van der Waals surface area contributed by atoms with Crippen LogP contribution in [0.1, 0.15) is 98.1 Å². The number of likely N-dealkylation sites (N-methyl/N-ethyl adjacent to an activating group) is 2. The molecule has 0 aliphatic carbocycles. The van der Waals surface area contributed by atoms with Crippen LogP contribution in [0.25, 0.3) is 33.4 Å². The topological polar surface area (TPSA) is 362 Å². The van der Waals surface area contributed by atoms with Crippen molar-refractivity contribution in [2.45, 2.75) is 112 Å². The fourth-order valence-electron chi connectivity index (χ4n) is 16.6.